The minimum atomic E-state index is -1.09. The molecule has 220 valence electrons. The van der Waals surface area contributed by atoms with E-state index in [0.717, 1.165) is 0 Å². The van der Waals surface area contributed by atoms with Crippen LogP contribution in [0, 0.1) is 5.82 Å². The van der Waals surface area contributed by atoms with Crippen molar-refractivity contribution in [3.8, 4) is 5.75 Å². The molecule has 1 aliphatic rings. The number of nitrogens with one attached hydrogen (secondary N) is 2. The Kier molecular flexibility index (Phi) is 10.6. The number of carboxylic acids is 1. The van der Waals surface area contributed by atoms with Gasteiger partial charge in [0.15, 0.2) is 0 Å². The van der Waals surface area contributed by atoms with Crippen molar-refractivity contribution in [2.24, 2.45) is 5.73 Å². The van der Waals surface area contributed by atoms with Gasteiger partial charge < -0.3 is 35.8 Å². The fourth-order valence-corrected chi connectivity index (χ4v) is 5.65. The number of hydrogen-bond donors (Lipinski definition) is 4. The summed E-state index contributed by atoms with van der Waals surface area (Å²) < 4.78 is 25.3. The highest BCUT2D eigenvalue weighted by molar-refractivity contribution is 8.00. The van der Waals surface area contributed by atoms with Crippen molar-refractivity contribution in [2.45, 2.75) is 30.2 Å². The summed E-state index contributed by atoms with van der Waals surface area (Å²) in [5.74, 6) is -0.880. The van der Waals surface area contributed by atoms with Crippen LogP contribution in [0.15, 0.2) is 36.7 Å². The van der Waals surface area contributed by atoms with Crippen molar-refractivity contribution in [1.82, 2.24) is 14.9 Å². The number of fused-ring (bicyclic) bond motifs is 1. The molecule has 2 aromatic carbocycles. The lowest BCUT2D eigenvalue weighted by molar-refractivity contribution is -0.137. The van der Waals surface area contributed by atoms with Crippen LogP contribution in [0.5, 0.6) is 5.75 Å². The predicted molar refractivity (Wildman–Crippen MR) is 158 cm³/mol. The van der Waals surface area contributed by atoms with Gasteiger partial charge in [-0.2, -0.15) is 11.8 Å². The van der Waals surface area contributed by atoms with Gasteiger partial charge in [-0.05, 0) is 38.4 Å². The highest BCUT2D eigenvalue weighted by Gasteiger charge is 2.23. The Morgan fingerprint density at radius 2 is 2.12 bits per heavy atom. The molecule has 0 saturated carbocycles. The van der Waals surface area contributed by atoms with E-state index in [1.54, 1.807) is 12.1 Å². The SMILES string of the molecule is CN(C)CC(CC(=O)Nc1cc2c(Nc3ccc(F)c(Cl)c3)ncnc2cc1O[C@H]1CCOC1)SC[C@H](N)C(=O)O. The van der Waals surface area contributed by atoms with Crippen LogP contribution in [0.3, 0.4) is 0 Å². The molecule has 41 heavy (non-hydrogen) atoms. The molecule has 5 N–H and O–H groups in total. The van der Waals surface area contributed by atoms with Crippen molar-refractivity contribution in [3.63, 3.8) is 0 Å². The van der Waals surface area contributed by atoms with Gasteiger partial charge in [0.05, 0.1) is 29.4 Å². The molecule has 1 saturated heterocycles. The summed E-state index contributed by atoms with van der Waals surface area (Å²) in [5.41, 5.74) is 7.18. The second kappa shape index (κ2) is 14.1. The molecule has 4 rings (SSSR count). The number of thioether (sulfide) groups is 1. The van der Waals surface area contributed by atoms with Crippen LogP contribution in [0.25, 0.3) is 10.9 Å². The number of benzene rings is 2. The van der Waals surface area contributed by atoms with Crippen molar-refractivity contribution < 1.29 is 28.6 Å². The number of aromatic nitrogens is 2. The van der Waals surface area contributed by atoms with E-state index in [0.29, 0.717) is 60.0 Å². The van der Waals surface area contributed by atoms with Gasteiger partial charge in [0.1, 0.15) is 35.9 Å². The molecule has 1 unspecified atom stereocenters. The average molecular weight is 607 g/mol. The minimum Gasteiger partial charge on any atom is -0.486 e. The topological polar surface area (TPSA) is 152 Å². The first kappa shape index (κ1) is 30.7. The van der Waals surface area contributed by atoms with Crippen molar-refractivity contribution >= 4 is 63.3 Å². The summed E-state index contributed by atoms with van der Waals surface area (Å²) in [6.07, 6.45) is 2.03. The van der Waals surface area contributed by atoms with E-state index in [1.807, 2.05) is 19.0 Å². The van der Waals surface area contributed by atoms with E-state index in [4.69, 9.17) is 31.9 Å². The highest BCUT2D eigenvalue weighted by atomic mass is 35.5. The number of aliphatic carboxylic acids is 1. The van der Waals surface area contributed by atoms with Crippen LogP contribution in [0.4, 0.5) is 21.6 Å². The maximum Gasteiger partial charge on any atom is 0.321 e. The third-order valence-electron chi connectivity index (χ3n) is 6.19. The maximum atomic E-state index is 13.7. The van der Waals surface area contributed by atoms with Gasteiger partial charge in [-0.3, -0.25) is 9.59 Å². The molecule has 0 radical (unpaired) electrons. The van der Waals surface area contributed by atoms with Gasteiger partial charge in [0.25, 0.3) is 0 Å². The third kappa shape index (κ3) is 8.63. The fourth-order valence-electron chi connectivity index (χ4n) is 4.18. The molecule has 2 heterocycles. The first-order valence-corrected chi connectivity index (χ1v) is 14.3. The molecule has 11 nitrogen and oxygen atoms in total. The summed E-state index contributed by atoms with van der Waals surface area (Å²) >= 11 is 7.29. The Morgan fingerprint density at radius 1 is 1.32 bits per heavy atom. The Bertz CT molecular complexity index is 1390. The van der Waals surface area contributed by atoms with Gasteiger partial charge in [0.2, 0.25) is 5.91 Å². The standard InChI is InChI=1S/C27H32ClFN6O5S/c1-35(2)11-17(41-13-21(30)27(37)38)8-25(36)34-23-9-18-22(10-24(23)40-16-5-6-39-12-16)31-14-32-26(18)33-15-3-4-20(29)19(28)7-15/h3-4,7,9-10,14,16-17,21H,5-6,8,11-13,30H2,1-2H3,(H,34,36)(H,37,38)(H,31,32,33)/t16-,17?,21-/m0/s1. The van der Waals surface area contributed by atoms with Crippen molar-refractivity contribution in [2.75, 3.05) is 50.2 Å². The van der Waals surface area contributed by atoms with E-state index < -0.39 is 17.8 Å². The average Bonchev–Trinajstić information content (AvgIpc) is 3.42. The van der Waals surface area contributed by atoms with Gasteiger partial charge >= 0.3 is 5.97 Å². The number of carbonyl (C=O) groups is 2. The maximum absolute atomic E-state index is 13.7. The Balaban J connectivity index is 1.61. The largest absolute Gasteiger partial charge is 0.486 e. The number of halogens is 2. The number of anilines is 3. The van der Waals surface area contributed by atoms with Crippen LogP contribution < -0.4 is 21.1 Å². The van der Waals surface area contributed by atoms with Gasteiger partial charge in [-0.15, -0.1) is 0 Å². The van der Waals surface area contributed by atoms with E-state index in [2.05, 4.69) is 20.6 Å². The van der Waals surface area contributed by atoms with E-state index in [1.165, 1.54) is 36.3 Å². The van der Waals surface area contributed by atoms with E-state index in [9.17, 15) is 14.0 Å². The van der Waals surface area contributed by atoms with E-state index >= 15 is 0 Å². The second-order valence-corrected chi connectivity index (χ2v) is 11.6. The number of hydrogen-bond acceptors (Lipinski definition) is 10. The summed E-state index contributed by atoms with van der Waals surface area (Å²) in [5, 5.41) is 15.6. The zero-order valence-corrected chi connectivity index (χ0v) is 24.2. The molecule has 1 aromatic heterocycles. The second-order valence-electron chi connectivity index (χ2n) is 9.86. The minimum absolute atomic E-state index is 0.0368. The number of rotatable bonds is 13. The van der Waals surface area contributed by atoms with Gasteiger partial charge in [-0.1, -0.05) is 11.6 Å². The molecular weight excluding hydrogens is 575 g/mol. The lowest BCUT2D eigenvalue weighted by Crippen LogP contribution is -2.35. The van der Waals surface area contributed by atoms with Crippen LogP contribution in [0.1, 0.15) is 12.8 Å². The Morgan fingerprint density at radius 3 is 2.80 bits per heavy atom. The predicted octanol–water partition coefficient (Wildman–Crippen LogP) is 3.74. The quantitative estimate of drug-likeness (QED) is 0.225. The molecule has 3 atom stereocenters. The number of amides is 1. The number of ether oxygens (including phenoxy) is 2. The zero-order valence-electron chi connectivity index (χ0n) is 22.6. The molecule has 0 spiro atoms. The Hall–Kier alpha value is -3.23. The molecule has 3 aromatic rings. The molecule has 1 fully saturated rings. The number of carbonyl (C=O) groups excluding carboxylic acids is 1. The summed E-state index contributed by atoms with van der Waals surface area (Å²) in [4.78, 5) is 35.1. The summed E-state index contributed by atoms with van der Waals surface area (Å²) in [7, 11) is 3.76. The zero-order chi connectivity index (χ0) is 29.5. The molecule has 14 heteroatoms. The van der Waals surface area contributed by atoms with Crippen LogP contribution in [0.2, 0.25) is 5.02 Å². The smallest absolute Gasteiger partial charge is 0.321 e. The van der Waals surface area contributed by atoms with Crippen LogP contribution in [-0.2, 0) is 14.3 Å². The molecule has 0 aliphatic carbocycles. The Labute approximate surface area is 245 Å². The first-order chi connectivity index (χ1) is 19.6. The van der Waals surface area contributed by atoms with Crippen molar-refractivity contribution in [1.29, 1.82) is 0 Å². The van der Waals surface area contributed by atoms with Gasteiger partial charge in [-0.25, -0.2) is 14.4 Å². The third-order valence-corrected chi connectivity index (χ3v) is 7.81. The van der Waals surface area contributed by atoms with Crippen molar-refractivity contribution in [3.05, 3.63) is 47.5 Å². The lowest BCUT2D eigenvalue weighted by Gasteiger charge is -2.22. The number of carboxylic acid groups (broad SMARTS) is 1. The fraction of sp³-hybridized carbons (Fsp3) is 0.407. The number of nitrogens with two attached hydrogens (primary N) is 1. The van der Waals surface area contributed by atoms with Crippen LogP contribution in [-0.4, -0.2) is 88.9 Å². The normalized spacial score (nSPS) is 16.5. The highest BCUT2D eigenvalue weighted by Crippen LogP contribution is 2.35. The molecule has 1 amide bonds. The molecular formula is C27H32ClFN6O5S. The van der Waals surface area contributed by atoms with Crippen LogP contribution >= 0.6 is 23.4 Å². The van der Waals surface area contributed by atoms with E-state index in [-0.39, 0.29) is 34.5 Å². The molecule has 1 aliphatic heterocycles. The lowest BCUT2D eigenvalue weighted by atomic mass is 10.1. The van der Waals surface area contributed by atoms with Gasteiger partial charge in [0, 0.05) is 47.5 Å². The number of nitrogens with zero attached hydrogens (tertiary/aromatic N) is 3. The summed E-state index contributed by atoms with van der Waals surface area (Å²) in [6.45, 7) is 1.56. The first-order valence-electron chi connectivity index (χ1n) is 12.9. The molecule has 0 bridgehead atoms. The summed E-state index contributed by atoms with van der Waals surface area (Å²) in [6, 6.07) is 6.66. The monoisotopic (exact) mass is 606 g/mol.